The molecule has 7 heteroatoms. The van der Waals surface area contributed by atoms with E-state index in [0.29, 0.717) is 6.29 Å². The van der Waals surface area contributed by atoms with E-state index in [9.17, 15) is 22.8 Å². The van der Waals surface area contributed by atoms with Gasteiger partial charge in [-0.05, 0) is 30.3 Å². The molecule has 0 heterocycles. The van der Waals surface area contributed by atoms with Crippen LogP contribution in [0.25, 0.3) is 0 Å². The molecule has 2 aromatic carbocycles. The number of ether oxygens (including phenoxy) is 1. The summed E-state index contributed by atoms with van der Waals surface area (Å²) in [7, 11) is 0. The number of benzene rings is 2. The number of halogens is 3. The van der Waals surface area contributed by atoms with Crippen molar-refractivity contribution in [1.29, 1.82) is 0 Å². The summed E-state index contributed by atoms with van der Waals surface area (Å²) in [5, 5.41) is 2.31. The fourth-order valence-corrected chi connectivity index (χ4v) is 1.82. The number of hydrogen-bond acceptors (Lipinski definition) is 3. The maximum absolute atomic E-state index is 12.6. The van der Waals surface area contributed by atoms with Crippen LogP contribution >= 0.6 is 0 Å². The standard InChI is InChI=1S/C16H12F3NO3/c17-16(18,19)12-5-3-6-13(8-12)20-15(22)10-23-14-7-2-1-4-11(14)9-21/h1-9H,10H2,(H,20,22). The van der Waals surface area contributed by atoms with Gasteiger partial charge in [0.05, 0.1) is 11.1 Å². The summed E-state index contributed by atoms with van der Waals surface area (Å²) in [6.45, 7) is -0.429. The zero-order valence-corrected chi connectivity index (χ0v) is 11.8. The van der Waals surface area contributed by atoms with Crippen LogP contribution in [-0.2, 0) is 11.0 Å². The summed E-state index contributed by atoms with van der Waals surface area (Å²) in [5.74, 6) is -0.410. The fraction of sp³-hybridized carbons (Fsp3) is 0.125. The molecule has 120 valence electrons. The number of nitrogens with one attached hydrogen (secondary N) is 1. The van der Waals surface area contributed by atoms with Crippen molar-refractivity contribution in [2.75, 3.05) is 11.9 Å². The summed E-state index contributed by atoms with van der Waals surface area (Å²) in [4.78, 5) is 22.5. The van der Waals surface area contributed by atoms with Crippen molar-refractivity contribution in [3.05, 3.63) is 59.7 Å². The number of para-hydroxylation sites is 1. The first-order chi connectivity index (χ1) is 10.9. The molecule has 0 radical (unpaired) electrons. The molecule has 0 unspecified atom stereocenters. The molecular weight excluding hydrogens is 311 g/mol. The highest BCUT2D eigenvalue weighted by Crippen LogP contribution is 2.30. The van der Waals surface area contributed by atoms with Gasteiger partial charge in [-0.2, -0.15) is 13.2 Å². The van der Waals surface area contributed by atoms with Gasteiger partial charge in [0.2, 0.25) is 0 Å². The highest BCUT2D eigenvalue weighted by Gasteiger charge is 2.30. The number of alkyl halides is 3. The SMILES string of the molecule is O=Cc1ccccc1OCC(=O)Nc1cccc(C(F)(F)F)c1. The lowest BCUT2D eigenvalue weighted by Gasteiger charge is -2.11. The molecule has 0 bridgehead atoms. The predicted octanol–water partition coefficient (Wildman–Crippen LogP) is 3.54. The second-order valence-electron chi connectivity index (χ2n) is 4.57. The number of anilines is 1. The Morgan fingerprint density at radius 1 is 1.13 bits per heavy atom. The Kier molecular flexibility index (Phi) is 5.00. The Morgan fingerprint density at radius 2 is 1.87 bits per heavy atom. The minimum Gasteiger partial charge on any atom is -0.483 e. The van der Waals surface area contributed by atoms with Crippen molar-refractivity contribution in [1.82, 2.24) is 0 Å². The van der Waals surface area contributed by atoms with Crippen molar-refractivity contribution in [2.45, 2.75) is 6.18 Å². The first-order valence-corrected chi connectivity index (χ1v) is 6.54. The summed E-state index contributed by atoms with van der Waals surface area (Å²) < 4.78 is 43.0. The van der Waals surface area contributed by atoms with Crippen LogP contribution in [0.1, 0.15) is 15.9 Å². The van der Waals surface area contributed by atoms with E-state index in [1.165, 1.54) is 24.3 Å². The van der Waals surface area contributed by atoms with Crippen LogP contribution in [-0.4, -0.2) is 18.8 Å². The molecule has 1 amide bonds. The Morgan fingerprint density at radius 3 is 2.57 bits per heavy atom. The van der Waals surface area contributed by atoms with Gasteiger partial charge >= 0.3 is 6.18 Å². The Hall–Kier alpha value is -2.83. The second kappa shape index (κ2) is 6.95. The lowest BCUT2D eigenvalue weighted by atomic mass is 10.2. The van der Waals surface area contributed by atoms with Gasteiger partial charge in [0, 0.05) is 5.69 Å². The van der Waals surface area contributed by atoms with Crippen LogP contribution in [0, 0.1) is 0 Å². The highest BCUT2D eigenvalue weighted by atomic mass is 19.4. The fourth-order valence-electron chi connectivity index (χ4n) is 1.82. The number of rotatable bonds is 5. The highest BCUT2D eigenvalue weighted by molar-refractivity contribution is 5.92. The minimum atomic E-state index is -4.49. The van der Waals surface area contributed by atoms with Gasteiger partial charge in [0.1, 0.15) is 5.75 Å². The Bertz CT molecular complexity index is 714. The van der Waals surface area contributed by atoms with E-state index in [1.807, 2.05) is 0 Å². The van der Waals surface area contributed by atoms with Gasteiger partial charge in [0.15, 0.2) is 12.9 Å². The van der Waals surface area contributed by atoms with Gasteiger partial charge in [-0.25, -0.2) is 0 Å². The molecule has 4 nitrogen and oxygen atoms in total. The molecule has 0 atom stereocenters. The average Bonchev–Trinajstić information content (AvgIpc) is 2.52. The van der Waals surface area contributed by atoms with E-state index in [-0.39, 0.29) is 17.0 Å². The van der Waals surface area contributed by atoms with Crippen molar-refractivity contribution in [3.63, 3.8) is 0 Å². The van der Waals surface area contributed by atoms with E-state index < -0.39 is 24.3 Å². The number of hydrogen-bond donors (Lipinski definition) is 1. The number of aldehydes is 1. The molecule has 0 aliphatic heterocycles. The quantitative estimate of drug-likeness (QED) is 0.856. The van der Waals surface area contributed by atoms with Gasteiger partial charge in [-0.1, -0.05) is 18.2 Å². The number of carbonyl (C=O) groups is 2. The first-order valence-electron chi connectivity index (χ1n) is 6.54. The average molecular weight is 323 g/mol. The van der Waals surface area contributed by atoms with Crippen LogP contribution in [0.4, 0.5) is 18.9 Å². The normalized spacial score (nSPS) is 10.9. The van der Waals surface area contributed by atoms with Crippen molar-refractivity contribution >= 4 is 17.9 Å². The summed E-state index contributed by atoms with van der Waals surface area (Å²) >= 11 is 0. The van der Waals surface area contributed by atoms with Crippen molar-refractivity contribution < 1.29 is 27.5 Å². The maximum atomic E-state index is 12.6. The van der Waals surface area contributed by atoms with Crippen LogP contribution in [0.5, 0.6) is 5.75 Å². The smallest absolute Gasteiger partial charge is 0.416 e. The minimum absolute atomic E-state index is 0.0112. The Balaban J connectivity index is 1.99. The van der Waals surface area contributed by atoms with Crippen molar-refractivity contribution in [2.24, 2.45) is 0 Å². The van der Waals surface area contributed by atoms with Gasteiger partial charge in [-0.3, -0.25) is 9.59 Å². The third-order valence-corrected chi connectivity index (χ3v) is 2.88. The summed E-state index contributed by atoms with van der Waals surface area (Å²) in [5.41, 5.74) is -0.570. The van der Waals surface area contributed by atoms with E-state index >= 15 is 0 Å². The van der Waals surface area contributed by atoms with Crippen molar-refractivity contribution in [3.8, 4) is 5.75 Å². The van der Waals surface area contributed by atoms with E-state index in [4.69, 9.17) is 4.74 Å². The van der Waals surface area contributed by atoms with Gasteiger partial charge in [-0.15, -0.1) is 0 Å². The molecule has 23 heavy (non-hydrogen) atoms. The second-order valence-corrected chi connectivity index (χ2v) is 4.57. The van der Waals surface area contributed by atoms with E-state index in [1.54, 1.807) is 12.1 Å². The zero-order valence-electron chi connectivity index (χ0n) is 11.8. The van der Waals surface area contributed by atoms with Crippen LogP contribution in [0.3, 0.4) is 0 Å². The summed E-state index contributed by atoms with van der Waals surface area (Å²) in [6, 6.07) is 10.6. The molecule has 0 saturated carbocycles. The third-order valence-electron chi connectivity index (χ3n) is 2.88. The lowest BCUT2D eigenvalue weighted by molar-refractivity contribution is -0.137. The van der Waals surface area contributed by atoms with Gasteiger partial charge in [0.25, 0.3) is 5.91 Å². The number of carbonyl (C=O) groups excluding carboxylic acids is 2. The van der Waals surface area contributed by atoms with Crippen LogP contribution in [0.2, 0.25) is 0 Å². The van der Waals surface area contributed by atoms with E-state index in [0.717, 1.165) is 12.1 Å². The molecule has 2 rings (SSSR count). The first kappa shape index (κ1) is 16.5. The monoisotopic (exact) mass is 323 g/mol. The molecule has 0 saturated heterocycles. The number of amides is 1. The third kappa shape index (κ3) is 4.57. The molecule has 2 aromatic rings. The molecule has 0 aliphatic carbocycles. The maximum Gasteiger partial charge on any atom is 0.416 e. The molecule has 0 fully saturated rings. The zero-order chi connectivity index (χ0) is 16.9. The molecule has 0 aliphatic rings. The largest absolute Gasteiger partial charge is 0.483 e. The Labute approximate surface area is 129 Å². The van der Waals surface area contributed by atoms with Crippen LogP contribution < -0.4 is 10.1 Å². The molecular formula is C16H12F3NO3. The molecule has 1 N–H and O–H groups in total. The van der Waals surface area contributed by atoms with Crippen LogP contribution in [0.15, 0.2) is 48.5 Å². The lowest BCUT2D eigenvalue weighted by Crippen LogP contribution is -2.20. The predicted molar refractivity (Wildman–Crippen MR) is 77.4 cm³/mol. The molecule has 0 aromatic heterocycles. The summed E-state index contributed by atoms with van der Waals surface area (Å²) in [6.07, 6.45) is -3.90. The molecule has 0 spiro atoms. The topological polar surface area (TPSA) is 55.4 Å². The van der Waals surface area contributed by atoms with E-state index in [2.05, 4.69) is 5.32 Å². The van der Waals surface area contributed by atoms with Gasteiger partial charge < -0.3 is 10.1 Å².